The zero-order valence-corrected chi connectivity index (χ0v) is 13.0. The molecule has 0 spiro atoms. The molecule has 22 heavy (non-hydrogen) atoms. The van der Waals surface area contributed by atoms with Crippen LogP contribution in [-0.2, 0) is 4.79 Å². The van der Waals surface area contributed by atoms with E-state index in [1.807, 2.05) is 13.0 Å². The van der Waals surface area contributed by atoms with E-state index in [1.54, 1.807) is 11.0 Å². The van der Waals surface area contributed by atoms with Gasteiger partial charge in [-0.2, -0.15) is 0 Å². The van der Waals surface area contributed by atoms with Crippen molar-refractivity contribution < 1.29 is 9.18 Å². The second kappa shape index (κ2) is 5.61. The number of H-pyrrole nitrogens is 1. The van der Waals surface area contributed by atoms with Gasteiger partial charge in [-0.1, -0.05) is 24.3 Å². The Morgan fingerprint density at radius 1 is 1.50 bits per heavy atom. The minimum Gasteiger partial charge on any atom is -0.357 e. The first kappa shape index (κ1) is 14.9. The van der Waals surface area contributed by atoms with Crippen molar-refractivity contribution in [3.63, 3.8) is 0 Å². The molecule has 5 heteroatoms. The minimum absolute atomic E-state index is 0.144. The van der Waals surface area contributed by atoms with E-state index in [1.165, 1.54) is 12.1 Å². The second-order valence-electron chi connectivity index (χ2n) is 5.39. The molecule has 2 heterocycles. The van der Waals surface area contributed by atoms with Gasteiger partial charge in [-0.15, -0.1) is 0 Å². The molecule has 1 aromatic heterocycles. The Kier molecular flexibility index (Phi) is 3.79. The van der Waals surface area contributed by atoms with Gasteiger partial charge in [-0.3, -0.25) is 4.79 Å². The highest BCUT2D eigenvalue weighted by Gasteiger charge is 2.23. The lowest BCUT2D eigenvalue weighted by Gasteiger charge is -2.27. The SMILES string of the molecule is C=CC(=O)N1CCC=C(c2c(F)ccc3[nH]c(C)c(Cl)c23)C1. The summed E-state index contributed by atoms with van der Waals surface area (Å²) in [6.07, 6.45) is 3.95. The Hall–Kier alpha value is -2.07. The van der Waals surface area contributed by atoms with Crippen LogP contribution in [0.25, 0.3) is 16.5 Å². The Bertz CT molecular complexity index is 807. The Labute approximate surface area is 133 Å². The number of aromatic amines is 1. The highest BCUT2D eigenvalue weighted by Crippen LogP contribution is 2.36. The van der Waals surface area contributed by atoms with E-state index >= 15 is 0 Å². The van der Waals surface area contributed by atoms with Crippen LogP contribution in [0.3, 0.4) is 0 Å². The number of carbonyl (C=O) groups is 1. The van der Waals surface area contributed by atoms with Crippen LogP contribution in [0.1, 0.15) is 17.7 Å². The number of nitrogens with zero attached hydrogens (tertiary/aromatic N) is 1. The fraction of sp³-hybridized carbons (Fsp3) is 0.235. The molecule has 0 fully saturated rings. The van der Waals surface area contributed by atoms with Crippen molar-refractivity contribution in [1.82, 2.24) is 9.88 Å². The van der Waals surface area contributed by atoms with Crippen molar-refractivity contribution >= 4 is 34.0 Å². The lowest BCUT2D eigenvalue weighted by molar-refractivity contribution is -0.125. The van der Waals surface area contributed by atoms with Gasteiger partial charge in [0, 0.05) is 35.2 Å². The van der Waals surface area contributed by atoms with Crippen molar-refractivity contribution in [3.8, 4) is 0 Å². The molecule has 2 aromatic rings. The number of fused-ring (bicyclic) bond motifs is 1. The third kappa shape index (κ3) is 2.33. The number of rotatable bonds is 2. The molecule has 3 nitrogen and oxygen atoms in total. The van der Waals surface area contributed by atoms with E-state index in [9.17, 15) is 9.18 Å². The second-order valence-corrected chi connectivity index (χ2v) is 5.77. The molecule has 1 N–H and O–H groups in total. The standard InChI is InChI=1S/C17H16ClFN2O/c1-3-14(22)21-8-4-5-11(9-21)15-12(19)6-7-13-16(15)17(18)10(2)20-13/h3,5-7,20H,1,4,8-9H2,2H3. The van der Waals surface area contributed by atoms with Gasteiger partial charge in [0.2, 0.25) is 5.91 Å². The number of benzene rings is 1. The number of aryl methyl sites for hydroxylation is 1. The van der Waals surface area contributed by atoms with E-state index in [4.69, 9.17) is 11.6 Å². The maximum absolute atomic E-state index is 14.5. The summed E-state index contributed by atoms with van der Waals surface area (Å²) in [6, 6.07) is 3.11. The van der Waals surface area contributed by atoms with Gasteiger partial charge < -0.3 is 9.88 Å². The average molecular weight is 319 g/mol. The molecule has 0 radical (unpaired) electrons. The van der Waals surface area contributed by atoms with Crippen molar-refractivity contribution in [1.29, 1.82) is 0 Å². The van der Waals surface area contributed by atoms with Gasteiger partial charge in [-0.25, -0.2) is 4.39 Å². The third-order valence-corrected chi connectivity index (χ3v) is 4.46. The van der Waals surface area contributed by atoms with Crippen LogP contribution in [0.2, 0.25) is 5.02 Å². The molecule has 0 saturated carbocycles. The monoisotopic (exact) mass is 318 g/mol. The predicted octanol–water partition coefficient (Wildman–Crippen LogP) is 4.07. The van der Waals surface area contributed by atoms with Crippen LogP contribution < -0.4 is 0 Å². The summed E-state index contributed by atoms with van der Waals surface area (Å²) < 4.78 is 14.5. The molecule has 3 rings (SSSR count). The molecule has 1 aliphatic rings. The molecule has 0 saturated heterocycles. The topological polar surface area (TPSA) is 36.1 Å². The summed E-state index contributed by atoms with van der Waals surface area (Å²) in [5.41, 5.74) is 2.87. The lowest BCUT2D eigenvalue weighted by Crippen LogP contribution is -2.34. The molecule has 114 valence electrons. The number of hydrogen-bond acceptors (Lipinski definition) is 1. The molecule has 1 amide bonds. The number of amides is 1. The van der Waals surface area contributed by atoms with E-state index in [-0.39, 0.29) is 11.7 Å². The van der Waals surface area contributed by atoms with E-state index in [2.05, 4.69) is 11.6 Å². The highest BCUT2D eigenvalue weighted by molar-refractivity contribution is 6.37. The maximum Gasteiger partial charge on any atom is 0.246 e. The summed E-state index contributed by atoms with van der Waals surface area (Å²) in [7, 11) is 0. The summed E-state index contributed by atoms with van der Waals surface area (Å²) in [5.74, 6) is -0.470. The van der Waals surface area contributed by atoms with Gasteiger partial charge in [0.15, 0.2) is 0 Å². The first-order chi connectivity index (χ1) is 10.5. The number of aromatic nitrogens is 1. The molecule has 0 bridgehead atoms. The predicted molar refractivity (Wildman–Crippen MR) is 87.4 cm³/mol. The smallest absolute Gasteiger partial charge is 0.246 e. The van der Waals surface area contributed by atoms with Gasteiger partial charge >= 0.3 is 0 Å². The molecule has 0 atom stereocenters. The van der Waals surface area contributed by atoms with Crippen molar-refractivity contribution in [2.45, 2.75) is 13.3 Å². The van der Waals surface area contributed by atoms with Gasteiger partial charge in [0.05, 0.1) is 5.02 Å². The van der Waals surface area contributed by atoms with Crippen molar-refractivity contribution in [2.75, 3.05) is 13.1 Å². The first-order valence-electron chi connectivity index (χ1n) is 7.10. The first-order valence-corrected chi connectivity index (χ1v) is 7.47. The van der Waals surface area contributed by atoms with Crippen LogP contribution >= 0.6 is 11.6 Å². The Morgan fingerprint density at radius 2 is 2.27 bits per heavy atom. The third-order valence-electron chi connectivity index (χ3n) is 3.98. The maximum atomic E-state index is 14.5. The van der Waals surface area contributed by atoms with Gasteiger partial charge in [-0.05, 0) is 37.1 Å². The lowest BCUT2D eigenvalue weighted by atomic mass is 9.97. The summed E-state index contributed by atoms with van der Waals surface area (Å²) >= 11 is 6.34. The van der Waals surface area contributed by atoms with E-state index < -0.39 is 0 Å². The van der Waals surface area contributed by atoms with Crippen molar-refractivity contribution in [3.05, 3.63) is 53.0 Å². The van der Waals surface area contributed by atoms with E-state index in [0.29, 0.717) is 35.5 Å². The van der Waals surface area contributed by atoms with Crippen LogP contribution in [-0.4, -0.2) is 28.9 Å². The van der Waals surface area contributed by atoms with Crippen LogP contribution in [0, 0.1) is 12.7 Å². The normalized spacial score (nSPS) is 15.0. The average Bonchev–Trinajstić information content (AvgIpc) is 2.82. The number of halogens is 2. The molecule has 0 aliphatic carbocycles. The molecule has 1 aliphatic heterocycles. The molecule has 1 aromatic carbocycles. The molecule has 0 unspecified atom stereocenters. The van der Waals surface area contributed by atoms with Crippen LogP contribution in [0.15, 0.2) is 30.9 Å². The zero-order valence-electron chi connectivity index (χ0n) is 12.2. The number of hydrogen-bond donors (Lipinski definition) is 1. The molecular formula is C17H16ClFN2O. The Balaban J connectivity index is 2.13. The fourth-order valence-electron chi connectivity index (χ4n) is 2.91. The Morgan fingerprint density at radius 3 is 3.00 bits per heavy atom. The van der Waals surface area contributed by atoms with E-state index in [0.717, 1.165) is 16.8 Å². The number of nitrogens with one attached hydrogen (secondary N) is 1. The number of carbonyl (C=O) groups excluding carboxylic acids is 1. The van der Waals surface area contributed by atoms with Crippen LogP contribution in [0.5, 0.6) is 0 Å². The van der Waals surface area contributed by atoms with Gasteiger partial charge in [0.25, 0.3) is 0 Å². The summed E-state index contributed by atoms with van der Waals surface area (Å²) in [6.45, 7) is 6.34. The zero-order chi connectivity index (χ0) is 15.9. The summed E-state index contributed by atoms with van der Waals surface area (Å²) in [5, 5.41) is 1.20. The molecular weight excluding hydrogens is 303 g/mol. The quantitative estimate of drug-likeness (QED) is 0.832. The van der Waals surface area contributed by atoms with Crippen molar-refractivity contribution in [2.24, 2.45) is 0 Å². The minimum atomic E-state index is -0.326. The largest absolute Gasteiger partial charge is 0.357 e. The highest BCUT2D eigenvalue weighted by atomic mass is 35.5. The van der Waals surface area contributed by atoms with Gasteiger partial charge in [0.1, 0.15) is 5.82 Å². The fourth-order valence-corrected chi connectivity index (χ4v) is 3.15. The van der Waals surface area contributed by atoms with Crippen LogP contribution in [0.4, 0.5) is 4.39 Å². The summed E-state index contributed by atoms with van der Waals surface area (Å²) in [4.78, 5) is 16.6.